The number of hydrogen-bond donors (Lipinski definition) is 3. The van der Waals surface area contributed by atoms with E-state index < -0.39 is 12.2 Å². The van der Waals surface area contributed by atoms with Gasteiger partial charge in [-0.2, -0.15) is 4.98 Å². The topological polar surface area (TPSA) is 112 Å². The average Bonchev–Trinajstić information content (AvgIpc) is 2.79. The third-order valence-corrected chi connectivity index (χ3v) is 3.46. The molecule has 0 spiro atoms. The standard InChI is InChI=1S/C12H13ClN4O4/c13-9-2-1-8-10(15-9)16-11(21-8)14-6-3-7(18)5-17(4-6)12(19)20/h1-2,6-7,18H,3-5H2,(H,19,20)(H,14,15,16)/t6-,7-/m1/s1. The van der Waals surface area contributed by atoms with Gasteiger partial charge in [0.25, 0.3) is 6.01 Å². The molecule has 3 heterocycles. The van der Waals surface area contributed by atoms with E-state index in [-0.39, 0.29) is 25.1 Å². The molecule has 0 radical (unpaired) electrons. The van der Waals surface area contributed by atoms with Crippen molar-refractivity contribution in [3.63, 3.8) is 0 Å². The van der Waals surface area contributed by atoms with Gasteiger partial charge in [0.2, 0.25) is 5.65 Å². The Morgan fingerprint density at radius 3 is 3.00 bits per heavy atom. The smallest absolute Gasteiger partial charge is 0.407 e. The van der Waals surface area contributed by atoms with Crippen molar-refractivity contribution in [2.24, 2.45) is 0 Å². The number of β-amino-alcohol motifs (C(OH)–C–C–N with tert-alkyl or cyclic N) is 1. The molecule has 0 aliphatic carbocycles. The van der Waals surface area contributed by atoms with Gasteiger partial charge in [-0.15, -0.1) is 0 Å². The van der Waals surface area contributed by atoms with Crippen LogP contribution < -0.4 is 5.32 Å². The second-order valence-electron chi connectivity index (χ2n) is 4.89. The molecule has 3 N–H and O–H groups in total. The number of rotatable bonds is 2. The molecule has 3 rings (SSSR count). The van der Waals surface area contributed by atoms with Crippen LogP contribution >= 0.6 is 11.6 Å². The molecule has 1 aliphatic heterocycles. The van der Waals surface area contributed by atoms with E-state index >= 15 is 0 Å². The lowest BCUT2D eigenvalue weighted by molar-refractivity contribution is 0.0604. The minimum absolute atomic E-state index is 0.109. The molecule has 1 saturated heterocycles. The fourth-order valence-corrected chi connectivity index (χ4v) is 2.51. The highest BCUT2D eigenvalue weighted by Gasteiger charge is 2.29. The summed E-state index contributed by atoms with van der Waals surface area (Å²) in [7, 11) is 0. The Bertz CT molecular complexity index is 676. The number of amides is 1. The van der Waals surface area contributed by atoms with Crippen LogP contribution in [0.2, 0.25) is 5.15 Å². The lowest BCUT2D eigenvalue weighted by Gasteiger charge is -2.33. The Morgan fingerprint density at radius 1 is 1.43 bits per heavy atom. The second-order valence-corrected chi connectivity index (χ2v) is 5.28. The van der Waals surface area contributed by atoms with Crippen LogP contribution in [0.3, 0.4) is 0 Å². The first-order valence-corrected chi connectivity index (χ1v) is 6.74. The predicted molar refractivity (Wildman–Crippen MR) is 74.4 cm³/mol. The van der Waals surface area contributed by atoms with E-state index in [1.807, 2.05) is 0 Å². The molecule has 1 aliphatic rings. The third kappa shape index (κ3) is 3.01. The number of aromatic nitrogens is 2. The quantitative estimate of drug-likeness (QED) is 0.718. The molecule has 0 saturated carbocycles. The summed E-state index contributed by atoms with van der Waals surface area (Å²) in [5.41, 5.74) is 0.852. The number of pyridine rings is 1. The van der Waals surface area contributed by atoms with E-state index in [1.54, 1.807) is 12.1 Å². The Balaban J connectivity index is 1.76. The van der Waals surface area contributed by atoms with Crippen LogP contribution in [0.1, 0.15) is 6.42 Å². The highest BCUT2D eigenvalue weighted by atomic mass is 35.5. The number of piperidine rings is 1. The van der Waals surface area contributed by atoms with E-state index in [0.717, 1.165) is 4.90 Å². The molecular formula is C12H13ClN4O4. The lowest BCUT2D eigenvalue weighted by atomic mass is 10.0. The molecule has 1 amide bonds. The molecule has 2 atom stereocenters. The van der Waals surface area contributed by atoms with Crippen molar-refractivity contribution in [3.8, 4) is 0 Å². The Kier molecular flexibility index (Phi) is 3.56. The van der Waals surface area contributed by atoms with Gasteiger partial charge < -0.3 is 24.8 Å². The number of carboxylic acid groups (broad SMARTS) is 1. The van der Waals surface area contributed by atoms with Gasteiger partial charge in [0, 0.05) is 6.54 Å². The van der Waals surface area contributed by atoms with Crippen LogP contribution in [0.15, 0.2) is 16.5 Å². The molecular weight excluding hydrogens is 300 g/mol. The van der Waals surface area contributed by atoms with Crippen molar-refractivity contribution >= 4 is 34.9 Å². The molecule has 2 aromatic rings. The number of anilines is 1. The first kappa shape index (κ1) is 13.9. The number of oxazole rings is 1. The first-order valence-electron chi connectivity index (χ1n) is 6.37. The maximum Gasteiger partial charge on any atom is 0.407 e. The molecule has 112 valence electrons. The number of hydrogen-bond acceptors (Lipinski definition) is 6. The molecule has 8 nitrogen and oxygen atoms in total. The maximum atomic E-state index is 11.0. The van der Waals surface area contributed by atoms with E-state index in [4.69, 9.17) is 21.1 Å². The van der Waals surface area contributed by atoms with E-state index in [1.165, 1.54) is 0 Å². The zero-order valence-corrected chi connectivity index (χ0v) is 11.6. The highest BCUT2D eigenvalue weighted by molar-refractivity contribution is 6.29. The van der Waals surface area contributed by atoms with Gasteiger partial charge in [-0.3, -0.25) is 0 Å². The van der Waals surface area contributed by atoms with Crippen LogP contribution in [-0.2, 0) is 0 Å². The summed E-state index contributed by atoms with van der Waals surface area (Å²) in [5.74, 6) is 0. The molecule has 2 aromatic heterocycles. The van der Waals surface area contributed by atoms with Gasteiger partial charge in [0.1, 0.15) is 5.15 Å². The third-order valence-electron chi connectivity index (χ3n) is 3.25. The van der Waals surface area contributed by atoms with Gasteiger partial charge in [0.05, 0.1) is 18.7 Å². The summed E-state index contributed by atoms with van der Waals surface area (Å²) in [6.45, 7) is 0.359. The van der Waals surface area contributed by atoms with Crippen molar-refractivity contribution in [3.05, 3.63) is 17.3 Å². The zero-order chi connectivity index (χ0) is 15.0. The molecule has 21 heavy (non-hydrogen) atoms. The number of nitrogens with zero attached hydrogens (tertiary/aromatic N) is 3. The monoisotopic (exact) mass is 312 g/mol. The molecule has 9 heteroatoms. The van der Waals surface area contributed by atoms with Crippen molar-refractivity contribution in [2.45, 2.75) is 18.6 Å². The zero-order valence-electron chi connectivity index (χ0n) is 10.9. The van der Waals surface area contributed by atoms with Gasteiger partial charge in [-0.1, -0.05) is 11.6 Å². The predicted octanol–water partition coefficient (Wildman–Crippen LogP) is 1.40. The average molecular weight is 313 g/mol. The number of nitrogens with one attached hydrogen (secondary N) is 1. The van der Waals surface area contributed by atoms with Gasteiger partial charge >= 0.3 is 6.09 Å². The molecule has 0 aromatic carbocycles. The summed E-state index contributed by atoms with van der Waals surface area (Å²) in [5, 5.41) is 22.0. The van der Waals surface area contributed by atoms with Crippen LogP contribution in [-0.4, -0.2) is 56.4 Å². The van der Waals surface area contributed by atoms with E-state index in [9.17, 15) is 9.90 Å². The molecule has 1 fully saturated rings. The second kappa shape index (κ2) is 5.38. The van der Waals surface area contributed by atoms with Crippen molar-refractivity contribution in [2.75, 3.05) is 18.4 Å². The fourth-order valence-electron chi connectivity index (χ4n) is 2.37. The van der Waals surface area contributed by atoms with E-state index in [2.05, 4.69) is 15.3 Å². The van der Waals surface area contributed by atoms with Crippen molar-refractivity contribution in [1.29, 1.82) is 0 Å². The number of aliphatic hydroxyl groups excluding tert-OH is 1. The maximum absolute atomic E-state index is 11.0. The van der Waals surface area contributed by atoms with Crippen LogP contribution in [0.4, 0.5) is 10.8 Å². The van der Waals surface area contributed by atoms with Gasteiger partial charge in [-0.25, -0.2) is 9.78 Å². The van der Waals surface area contributed by atoms with Crippen LogP contribution in [0.25, 0.3) is 11.2 Å². The number of carbonyl (C=O) groups is 1. The van der Waals surface area contributed by atoms with Gasteiger partial charge in [0.15, 0.2) is 5.58 Å². The number of likely N-dealkylation sites (tertiary alicyclic amines) is 1. The fraction of sp³-hybridized carbons (Fsp3) is 0.417. The minimum Gasteiger partial charge on any atom is -0.465 e. The van der Waals surface area contributed by atoms with Crippen LogP contribution in [0, 0.1) is 0 Å². The summed E-state index contributed by atoms with van der Waals surface area (Å²) in [4.78, 5) is 20.3. The molecule has 0 bridgehead atoms. The molecule has 0 unspecified atom stereocenters. The van der Waals surface area contributed by atoms with Crippen molar-refractivity contribution in [1.82, 2.24) is 14.9 Å². The summed E-state index contributed by atoms with van der Waals surface area (Å²) in [6.07, 6.45) is -1.37. The SMILES string of the molecule is O=C(O)N1C[C@H](O)C[C@@H](Nc2nc3nc(Cl)ccc3o2)C1. The largest absolute Gasteiger partial charge is 0.465 e. The summed E-state index contributed by atoms with van der Waals surface area (Å²) in [6, 6.07) is 3.19. The van der Waals surface area contributed by atoms with Crippen molar-refractivity contribution < 1.29 is 19.4 Å². The summed E-state index contributed by atoms with van der Waals surface area (Å²) < 4.78 is 5.47. The number of fused-ring (bicyclic) bond motifs is 1. The number of aliphatic hydroxyl groups is 1. The minimum atomic E-state index is -1.06. The Labute approximate surface area is 124 Å². The Hall–Kier alpha value is -2.06. The first-order chi connectivity index (χ1) is 10.0. The summed E-state index contributed by atoms with van der Waals surface area (Å²) >= 11 is 5.77. The van der Waals surface area contributed by atoms with Gasteiger partial charge in [-0.05, 0) is 18.6 Å². The van der Waals surface area contributed by atoms with Crippen LogP contribution in [0.5, 0.6) is 0 Å². The van der Waals surface area contributed by atoms with E-state index in [0.29, 0.717) is 22.8 Å². The Morgan fingerprint density at radius 2 is 2.24 bits per heavy atom. The highest BCUT2D eigenvalue weighted by Crippen LogP contribution is 2.21. The lowest BCUT2D eigenvalue weighted by Crippen LogP contribution is -2.50. The number of halogens is 1. The normalized spacial score (nSPS) is 22.5.